The number of carbonyl (C=O) groups excluding carboxylic acids is 2. The molecular weight excluding hydrogens is 164 g/mol. The predicted molar refractivity (Wildman–Crippen MR) is 50.4 cm³/mol. The van der Waals surface area contributed by atoms with Crippen LogP contribution in [0.5, 0.6) is 0 Å². The molecule has 0 amide bonds. The Morgan fingerprint density at radius 3 is 2.54 bits per heavy atom. The van der Waals surface area contributed by atoms with Gasteiger partial charge in [-0.05, 0) is 17.7 Å². The second-order valence-electron chi connectivity index (χ2n) is 2.62. The third-order valence-corrected chi connectivity index (χ3v) is 1.58. The van der Waals surface area contributed by atoms with Crippen molar-refractivity contribution in [2.75, 3.05) is 0 Å². The van der Waals surface area contributed by atoms with Crippen LogP contribution in [0.15, 0.2) is 42.5 Å². The maximum atomic E-state index is 11.1. The molecule has 0 atom stereocenters. The first-order valence-corrected chi connectivity index (χ1v) is 4.01. The minimum Gasteiger partial charge on any atom is -0.299 e. The first-order chi connectivity index (χ1) is 6.33. The summed E-state index contributed by atoms with van der Waals surface area (Å²) in [5.74, 6) is -0.0571. The molecule has 0 spiro atoms. The number of rotatable bonds is 4. The van der Waals surface area contributed by atoms with Gasteiger partial charge in [-0.25, -0.2) is 0 Å². The molecule has 0 unspecified atom stereocenters. The number of aldehydes is 1. The molecule has 0 saturated carbocycles. The summed E-state index contributed by atoms with van der Waals surface area (Å²) >= 11 is 0. The SMILES string of the molecule is O=C/C=C/C(=O)Cc1ccccc1. The maximum Gasteiger partial charge on any atom is 0.160 e. The zero-order chi connectivity index (χ0) is 9.52. The highest BCUT2D eigenvalue weighted by Crippen LogP contribution is 2.00. The third kappa shape index (κ3) is 3.47. The molecule has 1 rings (SSSR count). The van der Waals surface area contributed by atoms with Crippen molar-refractivity contribution in [1.29, 1.82) is 0 Å². The number of allylic oxidation sites excluding steroid dienone is 2. The summed E-state index contributed by atoms with van der Waals surface area (Å²) in [6.07, 6.45) is 3.46. The maximum absolute atomic E-state index is 11.1. The Morgan fingerprint density at radius 2 is 1.92 bits per heavy atom. The van der Waals surface area contributed by atoms with E-state index in [9.17, 15) is 9.59 Å². The molecule has 0 radical (unpaired) electrons. The van der Waals surface area contributed by atoms with E-state index < -0.39 is 0 Å². The van der Waals surface area contributed by atoms with Gasteiger partial charge in [0.1, 0.15) is 6.29 Å². The fourth-order valence-electron chi connectivity index (χ4n) is 1.00. The molecular formula is C11H10O2. The van der Waals surface area contributed by atoms with Gasteiger partial charge in [0.25, 0.3) is 0 Å². The third-order valence-electron chi connectivity index (χ3n) is 1.58. The minimum atomic E-state index is -0.0571. The lowest BCUT2D eigenvalue weighted by Gasteiger charge is -1.94. The summed E-state index contributed by atoms with van der Waals surface area (Å²) in [4.78, 5) is 21.0. The van der Waals surface area contributed by atoms with Gasteiger partial charge in [0.05, 0.1) is 0 Å². The topological polar surface area (TPSA) is 34.1 Å². The number of benzene rings is 1. The number of hydrogen-bond donors (Lipinski definition) is 0. The molecule has 1 aromatic carbocycles. The zero-order valence-electron chi connectivity index (χ0n) is 7.14. The molecule has 0 aliphatic carbocycles. The number of hydrogen-bond acceptors (Lipinski definition) is 2. The van der Waals surface area contributed by atoms with Crippen LogP contribution in [-0.2, 0) is 16.0 Å². The van der Waals surface area contributed by atoms with Crippen LogP contribution < -0.4 is 0 Å². The number of carbonyl (C=O) groups is 2. The van der Waals surface area contributed by atoms with Crippen molar-refractivity contribution in [3.05, 3.63) is 48.0 Å². The Bertz CT molecular complexity index is 312. The lowest BCUT2D eigenvalue weighted by Crippen LogP contribution is -1.97. The van der Waals surface area contributed by atoms with Crippen LogP contribution in [0.25, 0.3) is 0 Å². The Labute approximate surface area is 76.9 Å². The van der Waals surface area contributed by atoms with Crippen molar-refractivity contribution in [1.82, 2.24) is 0 Å². The van der Waals surface area contributed by atoms with Gasteiger partial charge in [-0.2, -0.15) is 0 Å². The van der Waals surface area contributed by atoms with Crippen LogP contribution in [0.3, 0.4) is 0 Å². The summed E-state index contributed by atoms with van der Waals surface area (Å²) in [5.41, 5.74) is 0.961. The van der Waals surface area contributed by atoms with E-state index >= 15 is 0 Å². The molecule has 0 aromatic heterocycles. The van der Waals surface area contributed by atoms with Crippen molar-refractivity contribution >= 4 is 12.1 Å². The van der Waals surface area contributed by atoms with Gasteiger partial charge < -0.3 is 0 Å². The standard InChI is InChI=1S/C11H10O2/c12-8-4-7-11(13)9-10-5-2-1-3-6-10/h1-8H,9H2/b7-4+. The van der Waals surface area contributed by atoms with E-state index in [1.807, 2.05) is 30.3 Å². The van der Waals surface area contributed by atoms with E-state index in [1.54, 1.807) is 0 Å². The highest BCUT2D eigenvalue weighted by molar-refractivity contribution is 5.94. The number of ketones is 1. The average molecular weight is 174 g/mol. The van der Waals surface area contributed by atoms with Crippen molar-refractivity contribution in [3.8, 4) is 0 Å². The van der Waals surface area contributed by atoms with Crippen molar-refractivity contribution < 1.29 is 9.59 Å². The molecule has 0 bridgehead atoms. The molecule has 2 nitrogen and oxygen atoms in total. The summed E-state index contributed by atoms with van der Waals surface area (Å²) in [6, 6.07) is 9.42. The normalized spacial score (nSPS) is 10.2. The van der Waals surface area contributed by atoms with Crippen LogP contribution in [0.2, 0.25) is 0 Å². The fourth-order valence-corrected chi connectivity index (χ4v) is 1.00. The quantitative estimate of drug-likeness (QED) is 0.512. The smallest absolute Gasteiger partial charge is 0.160 e. The fraction of sp³-hybridized carbons (Fsp3) is 0.0909. The highest BCUT2D eigenvalue weighted by atomic mass is 16.1. The summed E-state index contributed by atoms with van der Waals surface area (Å²) in [6.45, 7) is 0. The Hall–Kier alpha value is -1.70. The Kier molecular flexibility index (Phi) is 3.64. The monoisotopic (exact) mass is 174 g/mol. The largest absolute Gasteiger partial charge is 0.299 e. The van der Waals surface area contributed by atoms with Crippen molar-refractivity contribution in [2.24, 2.45) is 0 Å². The van der Waals surface area contributed by atoms with E-state index in [2.05, 4.69) is 0 Å². The molecule has 0 saturated heterocycles. The first-order valence-electron chi connectivity index (χ1n) is 4.01. The second-order valence-corrected chi connectivity index (χ2v) is 2.62. The van der Waals surface area contributed by atoms with E-state index in [0.29, 0.717) is 12.7 Å². The molecule has 0 aliphatic heterocycles. The summed E-state index contributed by atoms with van der Waals surface area (Å²) in [5, 5.41) is 0. The first kappa shape index (κ1) is 9.39. The Balaban J connectivity index is 2.55. The molecule has 0 aliphatic rings. The zero-order valence-corrected chi connectivity index (χ0v) is 7.14. The lowest BCUT2D eigenvalue weighted by atomic mass is 10.1. The van der Waals surface area contributed by atoms with Gasteiger partial charge in [0, 0.05) is 6.42 Å². The molecule has 66 valence electrons. The van der Waals surface area contributed by atoms with Crippen LogP contribution in [0.1, 0.15) is 5.56 Å². The molecule has 0 heterocycles. The summed E-state index contributed by atoms with van der Waals surface area (Å²) < 4.78 is 0. The van der Waals surface area contributed by atoms with Gasteiger partial charge in [0.15, 0.2) is 5.78 Å². The van der Waals surface area contributed by atoms with Crippen molar-refractivity contribution in [2.45, 2.75) is 6.42 Å². The van der Waals surface area contributed by atoms with E-state index in [0.717, 1.165) is 5.56 Å². The van der Waals surface area contributed by atoms with Crippen LogP contribution in [-0.4, -0.2) is 12.1 Å². The van der Waals surface area contributed by atoms with Gasteiger partial charge >= 0.3 is 0 Å². The molecule has 0 N–H and O–H groups in total. The van der Waals surface area contributed by atoms with Gasteiger partial charge in [0.2, 0.25) is 0 Å². The molecule has 2 heteroatoms. The average Bonchev–Trinajstić information content (AvgIpc) is 2.16. The lowest BCUT2D eigenvalue weighted by molar-refractivity contribution is -0.114. The van der Waals surface area contributed by atoms with Gasteiger partial charge in [-0.15, -0.1) is 0 Å². The van der Waals surface area contributed by atoms with E-state index in [1.165, 1.54) is 12.2 Å². The summed E-state index contributed by atoms with van der Waals surface area (Å²) in [7, 11) is 0. The molecule has 1 aromatic rings. The van der Waals surface area contributed by atoms with Crippen LogP contribution >= 0.6 is 0 Å². The predicted octanol–water partition coefficient (Wildman–Crippen LogP) is 1.55. The Morgan fingerprint density at radius 1 is 1.23 bits per heavy atom. The second kappa shape index (κ2) is 5.04. The highest BCUT2D eigenvalue weighted by Gasteiger charge is 1.97. The van der Waals surface area contributed by atoms with Crippen LogP contribution in [0, 0.1) is 0 Å². The van der Waals surface area contributed by atoms with E-state index in [-0.39, 0.29) is 5.78 Å². The van der Waals surface area contributed by atoms with Crippen molar-refractivity contribution in [3.63, 3.8) is 0 Å². The molecule has 13 heavy (non-hydrogen) atoms. The molecule has 0 fully saturated rings. The van der Waals surface area contributed by atoms with Gasteiger partial charge in [-0.3, -0.25) is 9.59 Å². The van der Waals surface area contributed by atoms with Gasteiger partial charge in [-0.1, -0.05) is 30.3 Å². The van der Waals surface area contributed by atoms with Crippen LogP contribution in [0.4, 0.5) is 0 Å². The minimum absolute atomic E-state index is 0.0571. The van der Waals surface area contributed by atoms with E-state index in [4.69, 9.17) is 0 Å².